The SMILES string of the molecule is CC(C)(C)C1c2c(C(N)=O)c(-c3cccc(C#N)c3)nn2CCN1C(N)=O. The lowest BCUT2D eigenvalue weighted by Gasteiger charge is -2.42. The molecule has 2 heterocycles. The highest BCUT2D eigenvalue weighted by Gasteiger charge is 2.42. The van der Waals surface area contributed by atoms with Gasteiger partial charge in [-0.25, -0.2) is 4.79 Å². The second kappa shape index (κ2) is 6.43. The number of aromatic nitrogens is 2. The summed E-state index contributed by atoms with van der Waals surface area (Å²) in [7, 11) is 0. The van der Waals surface area contributed by atoms with E-state index in [-0.39, 0.29) is 5.56 Å². The Hall–Kier alpha value is -3.34. The van der Waals surface area contributed by atoms with Crippen molar-refractivity contribution >= 4 is 11.9 Å². The smallest absolute Gasteiger partial charge is 0.315 e. The van der Waals surface area contributed by atoms with Gasteiger partial charge in [0.25, 0.3) is 5.91 Å². The van der Waals surface area contributed by atoms with Crippen LogP contribution in [0.2, 0.25) is 0 Å². The maximum Gasteiger partial charge on any atom is 0.315 e. The topological polar surface area (TPSA) is 131 Å². The Bertz CT molecular complexity index is 964. The number of amides is 3. The van der Waals surface area contributed by atoms with Crippen molar-refractivity contribution in [3.8, 4) is 17.3 Å². The van der Waals surface area contributed by atoms with E-state index in [0.717, 1.165) is 0 Å². The zero-order valence-corrected chi connectivity index (χ0v) is 15.6. The van der Waals surface area contributed by atoms with Crippen molar-refractivity contribution < 1.29 is 9.59 Å². The average Bonchev–Trinajstić information content (AvgIpc) is 2.99. The van der Waals surface area contributed by atoms with E-state index in [9.17, 15) is 9.59 Å². The molecule has 4 N–H and O–H groups in total. The average molecular weight is 366 g/mol. The zero-order valence-electron chi connectivity index (χ0n) is 15.6. The van der Waals surface area contributed by atoms with Crippen LogP contribution in [0.5, 0.6) is 0 Å². The van der Waals surface area contributed by atoms with Crippen LogP contribution in [0.1, 0.15) is 48.4 Å². The number of primary amides is 2. The molecule has 27 heavy (non-hydrogen) atoms. The van der Waals surface area contributed by atoms with Gasteiger partial charge in [-0.1, -0.05) is 32.9 Å². The molecule has 2 aromatic rings. The molecule has 140 valence electrons. The summed E-state index contributed by atoms with van der Waals surface area (Å²) in [5.41, 5.74) is 13.3. The molecule has 0 saturated carbocycles. The molecular formula is C19H22N6O2. The minimum absolute atomic E-state index is 0.260. The summed E-state index contributed by atoms with van der Waals surface area (Å²) < 4.78 is 1.73. The van der Waals surface area contributed by atoms with E-state index in [1.165, 1.54) is 0 Å². The molecule has 1 aliphatic rings. The number of rotatable bonds is 2. The number of hydrogen-bond donors (Lipinski definition) is 2. The van der Waals surface area contributed by atoms with Crippen LogP contribution in [0.25, 0.3) is 11.3 Å². The molecule has 0 fully saturated rings. The summed E-state index contributed by atoms with van der Waals surface area (Å²) in [6.45, 7) is 6.70. The number of nitrogens with two attached hydrogens (primary N) is 2. The van der Waals surface area contributed by atoms with Crippen LogP contribution in [0.15, 0.2) is 24.3 Å². The molecule has 3 amide bonds. The van der Waals surface area contributed by atoms with Crippen molar-refractivity contribution in [2.24, 2.45) is 16.9 Å². The number of urea groups is 1. The fraction of sp³-hybridized carbons (Fsp3) is 0.368. The summed E-state index contributed by atoms with van der Waals surface area (Å²) in [5.74, 6) is -0.630. The van der Waals surface area contributed by atoms with E-state index in [1.807, 2.05) is 20.8 Å². The Morgan fingerprint density at radius 2 is 1.96 bits per heavy atom. The molecule has 0 spiro atoms. The zero-order chi connectivity index (χ0) is 19.9. The third-order valence-electron chi connectivity index (χ3n) is 4.73. The van der Waals surface area contributed by atoms with Crippen molar-refractivity contribution in [3.63, 3.8) is 0 Å². The van der Waals surface area contributed by atoms with Crippen molar-refractivity contribution in [3.05, 3.63) is 41.1 Å². The van der Waals surface area contributed by atoms with Gasteiger partial charge in [0.2, 0.25) is 0 Å². The van der Waals surface area contributed by atoms with Crippen molar-refractivity contribution in [1.82, 2.24) is 14.7 Å². The van der Waals surface area contributed by atoms with Gasteiger partial charge in [-0.15, -0.1) is 0 Å². The molecular weight excluding hydrogens is 344 g/mol. The van der Waals surface area contributed by atoms with Gasteiger partial charge in [0, 0.05) is 12.1 Å². The number of carbonyl (C=O) groups excluding carboxylic acids is 2. The maximum absolute atomic E-state index is 12.4. The lowest BCUT2D eigenvalue weighted by Crippen LogP contribution is -2.49. The number of hydrogen-bond acceptors (Lipinski definition) is 4. The highest BCUT2D eigenvalue weighted by molar-refractivity contribution is 6.00. The summed E-state index contributed by atoms with van der Waals surface area (Å²) >= 11 is 0. The molecule has 1 unspecified atom stereocenters. The van der Waals surface area contributed by atoms with Gasteiger partial charge in [0.1, 0.15) is 5.69 Å². The molecule has 8 nitrogen and oxygen atoms in total. The van der Waals surface area contributed by atoms with Crippen LogP contribution >= 0.6 is 0 Å². The van der Waals surface area contributed by atoms with E-state index in [1.54, 1.807) is 33.8 Å². The van der Waals surface area contributed by atoms with Gasteiger partial charge in [0.15, 0.2) is 0 Å². The molecule has 0 aliphatic carbocycles. The molecule has 0 bridgehead atoms. The largest absolute Gasteiger partial charge is 0.365 e. The molecule has 1 aromatic carbocycles. The first-order valence-electron chi connectivity index (χ1n) is 8.62. The van der Waals surface area contributed by atoms with Crippen LogP contribution in [0.4, 0.5) is 4.79 Å². The number of nitrogens with zero attached hydrogens (tertiary/aromatic N) is 4. The molecule has 1 atom stereocenters. The van der Waals surface area contributed by atoms with Crippen molar-refractivity contribution in [1.29, 1.82) is 5.26 Å². The van der Waals surface area contributed by atoms with E-state index in [2.05, 4.69) is 11.2 Å². The monoisotopic (exact) mass is 366 g/mol. The van der Waals surface area contributed by atoms with Gasteiger partial charge in [0.05, 0.1) is 35.5 Å². The Balaban J connectivity index is 2.29. The van der Waals surface area contributed by atoms with E-state index >= 15 is 0 Å². The predicted molar refractivity (Wildman–Crippen MR) is 99.4 cm³/mol. The Labute approximate surface area is 157 Å². The van der Waals surface area contributed by atoms with Crippen LogP contribution in [0.3, 0.4) is 0 Å². The normalized spacial score (nSPS) is 16.5. The van der Waals surface area contributed by atoms with Gasteiger partial charge < -0.3 is 16.4 Å². The minimum atomic E-state index is -0.630. The summed E-state index contributed by atoms with van der Waals surface area (Å²) in [4.78, 5) is 26.0. The van der Waals surface area contributed by atoms with Crippen molar-refractivity contribution in [2.45, 2.75) is 33.4 Å². The minimum Gasteiger partial charge on any atom is -0.365 e. The van der Waals surface area contributed by atoms with E-state index in [4.69, 9.17) is 16.7 Å². The molecule has 8 heteroatoms. The summed E-state index contributed by atoms with van der Waals surface area (Å²) in [6.07, 6.45) is 0. The summed E-state index contributed by atoms with van der Waals surface area (Å²) in [6, 6.07) is 7.93. The first-order chi connectivity index (χ1) is 12.6. The number of nitriles is 1. The highest BCUT2D eigenvalue weighted by Crippen LogP contribution is 2.43. The number of carbonyl (C=O) groups is 2. The van der Waals surface area contributed by atoms with Crippen LogP contribution < -0.4 is 11.5 Å². The lowest BCUT2D eigenvalue weighted by molar-refractivity contribution is 0.0899. The lowest BCUT2D eigenvalue weighted by atomic mass is 9.81. The van der Waals surface area contributed by atoms with Gasteiger partial charge in [-0.2, -0.15) is 10.4 Å². The Morgan fingerprint density at radius 3 is 2.52 bits per heavy atom. The third-order valence-corrected chi connectivity index (χ3v) is 4.73. The van der Waals surface area contributed by atoms with Crippen LogP contribution in [0, 0.1) is 16.7 Å². The molecule has 3 rings (SSSR count). The summed E-state index contributed by atoms with van der Waals surface area (Å²) in [5, 5.41) is 13.8. The Morgan fingerprint density at radius 1 is 1.26 bits per heavy atom. The molecule has 0 saturated heterocycles. The van der Waals surface area contributed by atoms with Crippen LogP contribution in [-0.2, 0) is 6.54 Å². The maximum atomic E-state index is 12.4. The highest BCUT2D eigenvalue weighted by atomic mass is 16.2. The van der Waals surface area contributed by atoms with E-state index < -0.39 is 23.4 Å². The van der Waals surface area contributed by atoms with Crippen molar-refractivity contribution in [2.75, 3.05) is 6.54 Å². The Kier molecular flexibility index (Phi) is 4.39. The fourth-order valence-electron chi connectivity index (χ4n) is 3.70. The predicted octanol–water partition coefficient (Wildman–Crippen LogP) is 2.00. The molecule has 0 radical (unpaired) electrons. The van der Waals surface area contributed by atoms with E-state index in [0.29, 0.717) is 35.6 Å². The second-order valence-electron chi connectivity index (χ2n) is 7.69. The number of fused-ring (bicyclic) bond motifs is 1. The second-order valence-corrected chi connectivity index (χ2v) is 7.69. The first kappa shape index (κ1) is 18.5. The molecule has 1 aromatic heterocycles. The standard InChI is InChI=1S/C19H22N6O2/c1-19(2,3)16-15-13(17(21)26)14(12-6-4-5-11(9-12)10-20)23-25(15)8-7-24(16)18(22)27/h4-6,9,16H,7-8H2,1-3H3,(H2,21,26)(H2,22,27). The van der Waals surface area contributed by atoms with Gasteiger partial charge >= 0.3 is 6.03 Å². The number of benzene rings is 1. The quantitative estimate of drug-likeness (QED) is 0.841. The van der Waals surface area contributed by atoms with Gasteiger partial charge in [-0.3, -0.25) is 9.48 Å². The fourth-order valence-corrected chi connectivity index (χ4v) is 3.70. The molecule has 1 aliphatic heterocycles. The van der Waals surface area contributed by atoms with Gasteiger partial charge in [-0.05, 0) is 17.5 Å². The van der Waals surface area contributed by atoms with Crippen LogP contribution in [-0.4, -0.2) is 33.2 Å². The first-order valence-corrected chi connectivity index (χ1v) is 8.62. The third kappa shape index (κ3) is 3.12.